The van der Waals surface area contributed by atoms with Crippen molar-refractivity contribution in [2.45, 2.75) is 56.4 Å². The van der Waals surface area contributed by atoms with Crippen LogP contribution < -0.4 is 5.32 Å². The molecule has 1 heteroatoms. The molecule has 0 amide bonds. The monoisotopic (exact) mass is 317 g/mol. The summed E-state index contributed by atoms with van der Waals surface area (Å²) in [6.45, 7) is 1.21. The Bertz CT molecular complexity index is 731. The molecule has 1 saturated heterocycles. The van der Waals surface area contributed by atoms with Gasteiger partial charge >= 0.3 is 0 Å². The summed E-state index contributed by atoms with van der Waals surface area (Å²) in [5, 5.41) is 3.88. The molecule has 2 fully saturated rings. The zero-order valence-electron chi connectivity index (χ0n) is 14.4. The first kappa shape index (κ1) is 14.7. The molecule has 0 aromatic heterocycles. The van der Waals surface area contributed by atoms with Crippen molar-refractivity contribution in [3.63, 3.8) is 0 Å². The van der Waals surface area contributed by atoms with Crippen LogP contribution in [0.15, 0.2) is 48.5 Å². The number of benzene rings is 2. The topological polar surface area (TPSA) is 12.0 Å². The minimum atomic E-state index is 0.481. The van der Waals surface area contributed by atoms with Gasteiger partial charge in [0, 0.05) is 11.5 Å². The Morgan fingerprint density at radius 3 is 2.79 bits per heavy atom. The third kappa shape index (κ3) is 2.18. The molecule has 1 saturated carbocycles. The maximum absolute atomic E-state index is 3.88. The molecule has 0 spiro atoms. The van der Waals surface area contributed by atoms with E-state index in [2.05, 4.69) is 53.8 Å². The number of hydrogen-bond acceptors (Lipinski definition) is 1. The van der Waals surface area contributed by atoms with Crippen molar-refractivity contribution in [2.75, 3.05) is 6.54 Å². The number of rotatable bonds is 2. The summed E-state index contributed by atoms with van der Waals surface area (Å²) in [6.07, 6.45) is 9.37. The molecule has 0 unspecified atom stereocenters. The van der Waals surface area contributed by atoms with Crippen LogP contribution in [0.1, 0.15) is 54.4 Å². The molecule has 24 heavy (non-hydrogen) atoms. The minimum absolute atomic E-state index is 0.481. The van der Waals surface area contributed by atoms with Gasteiger partial charge in [-0.05, 0) is 66.8 Å². The van der Waals surface area contributed by atoms with Crippen molar-refractivity contribution in [1.29, 1.82) is 0 Å². The van der Waals surface area contributed by atoms with E-state index in [1.165, 1.54) is 50.6 Å². The van der Waals surface area contributed by atoms with Crippen molar-refractivity contribution in [1.82, 2.24) is 5.32 Å². The highest BCUT2D eigenvalue weighted by Crippen LogP contribution is 2.54. The Balaban J connectivity index is 1.60. The lowest BCUT2D eigenvalue weighted by molar-refractivity contribution is 0.0795. The summed E-state index contributed by atoms with van der Waals surface area (Å²) < 4.78 is 0. The number of hydrogen-bond donors (Lipinski definition) is 1. The van der Waals surface area contributed by atoms with Crippen LogP contribution >= 0.6 is 0 Å². The molecule has 2 aromatic carbocycles. The van der Waals surface area contributed by atoms with E-state index in [4.69, 9.17) is 0 Å². The van der Waals surface area contributed by atoms with Crippen LogP contribution in [-0.4, -0.2) is 12.6 Å². The van der Waals surface area contributed by atoms with Crippen LogP contribution in [0.5, 0.6) is 0 Å². The van der Waals surface area contributed by atoms with Gasteiger partial charge in [-0.1, -0.05) is 61.4 Å². The highest BCUT2D eigenvalue weighted by molar-refractivity contribution is 5.47. The van der Waals surface area contributed by atoms with Crippen LogP contribution in [0.2, 0.25) is 0 Å². The van der Waals surface area contributed by atoms with Crippen LogP contribution in [0.3, 0.4) is 0 Å². The van der Waals surface area contributed by atoms with Crippen molar-refractivity contribution in [2.24, 2.45) is 5.92 Å². The van der Waals surface area contributed by atoms with E-state index in [0.717, 1.165) is 12.3 Å². The summed E-state index contributed by atoms with van der Waals surface area (Å²) >= 11 is 0. The number of fused-ring (bicyclic) bond motifs is 1. The summed E-state index contributed by atoms with van der Waals surface area (Å²) in [5.41, 5.74) is 6.88. The van der Waals surface area contributed by atoms with Crippen molar-refractivity contribution < 1.29 is 0 Å². The van der Waals surface area contributed by atoms with Gasteiger partial charge in [-0.15, -0.1) is 0 Å². The molecule has 1 heterocycles. The van der Waals surface area contributed by atoms with Crippen molar-refractivity contribution >= 4 is 0 Å². The second-order valence-electron chi connectivity index (χ2n) is 8.13. The Morgan fingerprint density at radius 2 is 1.88 bits per heavy atom. The van der Waals surface area contributed by atoms with E-state index >= 15 is 0 Å². The Hall–Kier alpha value is -1.60. The Kier molecular flexibility index (Phi) is 3.52. The smallest absolute Gasteiger partial charge is 0.0144 e. The summed E-state index contributed by atoms with van der Waals surface area (Å²) in [7, 11) is 0. The second-order valence-corrected chi connectivity index (χ2v) is 8.13. The van der Waals surface area contributed by atoms with Gasteiger partial charge in [0.05, 0.1) is 0 Å². The molecule has 5 rings (SSSR count). The van der Waals surface area contributed by atoms with Crippen molar-refractivity contribution in [3.8, 4) is 0 Å². The highest BCUT2D eigenvalue weighted by Gasteiger charge is 2.51. The van der Waals surface area contributed by atoms with Gasteiger partial charge in [0.15, 0.2) is 0 Å². The van der Waals surface area contributed by atoms with Crippen molar-refractivity contribution in [3.05, 3.63) is 70.8 Å². The molecule has 2 bridgehead atoms. The van der Waals surface area contributed by atoms with Gasteiger partial charge in [-0.3, -0.25) is 0 Å². The quantitative estimate of drug-likeness (QED) is 0.852. The lowest BCUT2D eigenvalue weighted by Crippen LogP contribution is -2.59. The SMILES string of the molecule is c1ccc(Cc2cccc3c2C[C@H]2NCC[C@@]34CCCC[C@@H]24)cc1. The van der Waals surface area contributed by atoms with Crippen LogP contribution in [-0.2, 0) is 18.3 Å². The zero-order valence-corrected chi connectivity index (χ0v) is 14.4. The van der Waals surface area contributed by atoms with Crippen LogP contribution in [0.4, 0.5) is 0 Å². The third-order valence-electron chi connectivity index (χ3n) is 7.03. The van der Waals surface area contributed by atoms with E-state index in [0.29, 0.717) is 11.5 Å². The third-order valence-corrected chi connectivity index (χ3v) is 7.03. The fraction of sp³-hybridized carbons (Fsp3) is 0.478. The Morgan fingerprint density at radius 1 is 0.958 bits per heavy atom. The first-order valence-electron chi connectivity index (χ1n) is 9.75. The number of nitrogens with one attached hydrogen (secondary N) is 1. The molecular weight excluding hydrogens is 290 g/mol. The van der Waals surface area contributed by atoms with Gasteiger partial charge < -0.3 is 5.32 Å². The molecule has 1 N–H and O–H groups in total. The van der Waals surface area contributed by atoms with E-state index in [1.54, 1.807) is 16.7 Å². The second kappa shape index (κ2) is 5.74. The zero-order chi connectivity index (χ0) is 16.0. The van der Waals surface area contributed by atoms with Gasteiger partial charge in [-0.25, -0.2) is 0 Å². The molecular formula is C23H27N. The maximum Gasteiger partial charge on any atom is 0.0144 e. The summed E-state index contributed by atoms with van der Waals surface area (Å²) in [5.74, 6) is 0.875. The molecule has 124 valence electrons. The number of piperidine rings is 1. The molecule has 1 nitrogen and oxygen atoms in total. The molecule has 2 aliphatic carbocycles. The van der Waals surface area contributed by atoms with Crippen LogP contribution in [0, 0.1) is 5.92 Å². The Labute approximate surface area is 145 Å². The predicted octanol–water partition coefficient (Wildman–Crippen LogP) is 4.62. The average molecular weight is 317 g/mol. The van der Waals surface area contributed by atoms with Gasteiger partial charge in [0.2, 0.25) is 0 Å². The van der Waals surface area contributed by atoms with E-state index < -0.39 is 0 Å². The van der Waals surface area contributed by atoms with E-state index in [9.17, 15) is 0 Å². The van der Waals surface area contributed by atoms with E-state index in [-0.39, 0.29) is 0 Å². The lowest BCUT2D eigenvalue weighted by atomic mass is 9.52. The molecule has 3 aliphatic rings. The largest absolute Gasteiger partial charge is 0.313 e. The first-order valence-corrected chi connectivity index (χ1v) is 9.75. The first-order chi connectivity index (χ1) is 11.9. The molecule has 1 aliphatic heterocycles. The average Bonchev–Trinajstić information content (AvgIpc) is 2.63. The highest BCUT2D eigenvalue weighted by atomic mass is 15.0. The van der Waals surface area contributed by atoms with E-state index in [1.807, 2.05) is 0 Å². The maximum atomic E-state index is 3.88. The fourth-order valence-corrected chi connectivity index (χ4v) is 6.01. The normalized spacial score (nSPS) is 31.2. The van der Waals surface area contributed by atoms with Gasteiger partial charge in [-0.2, -0.15) is 0 Å². The molecule has 0 radical (unpaired) electrons. The van der Waals surface area contributed by atoms with Gasteiger partial charge in [0.25, 0.3) is 0 Å². The molecule has 2 aromatic rings. The van der Waals surface area contributed by atoms with Gasteiger partial charge in [0.1, 0.15) is 0 Å². The summed E-state index contributed by atoms with van der Waals surface area (Å²) in [4.78, 5) is 0. The predicted molar refractivity (Wildman–Crippen MR) is 99.4 cm³/mol. The van der Waals surface area contributed by atoms with Crippen LogP contribution in [0.25, 0.3) is 0 Å². The minimum Gasteiger partial charge on any atom is -0.313 e. The lowest BCUT2D eigenvalue weighted by Gasteiger charge is -2.56. The molecule has 3 atom stereocenters. The fourth-order valence-electron chi connectivity index (χ4n) is 6.01. The standard InChI is InChI=1S/C23H27N/c1-2-7-17(8-3-1)15-18-9-6-11-20-19(18)16-22-21-10-4-5-12-23(20,21)13-14-24-22/h1-3,6-9,11,21-22,24H,4-5,10,12-16H2/t21-,22+,23-/m0/s1. The summed E-state index contributed by atoms with van der Waals surface area (Å²) in [6, 6.07) is 18.9.